The van der Waals surface area contributed by atoms with E-state index in [9.17, 15) is 0 Å². The van der Waals surface area contributed by atoms with Crippen molar-refractivity contribution in [2.45, 2.75) is 39.8 Å². The minimum absolute atomic E-state index is 0.465. The monoisotopic (exact) mass is 413 g/mol. The van der Waals surface area contributed by atoms with Crippen molar-refractivity contribution in [3.63, 3.8) is 0 Å². The topological polar surface area (TPSA) is 74.9 Å². The lowest BCUT2D eigenvalue weighted by Crippen LogP contribution is -2.51. The molecule has 164 valence electrons. The molecule has 2 aromatic rings. The lowest BCUT2D eigenvalue weighted by Gasteiger charge is -2.35. The Morgan fingerprint density at radius 1 is 1.17 bits per heavy atom. The quantitative estimate of drug-likeness (QED) is 0.512. The number of nitrogens with one attached hydrogen (secondary N) is 2. The molecule has 7 heteroatoms. The number of guanidine groups is 1. The highest BCUT2D eigenvalue weighted by molar-refractivity contribution is 5.79. The number of oxazole rings is 1. The third kappa shape index (κ3) is 6.57. The Bertz CT molecular complexity index is 794. The Kier molecular flexibility index (Phi) is 8.28. The maximum absolute atomic E-state index is 5.65. The fourth-order valence-corrected chi connectivity index (χ4v) is 3.67. The van der Waals surface area contributed by atoms with Gasteiger partial charge >= 0.3 is 0 Å². The van der Waals surface area contributed by atoms with Gasteiger partial charge in [-0.05, 0) is 31.4 Å². The predicted octanol–water partition coefficient (Wildman–Crippen LogP) is 3.06. The molecule has 7 nitrogen and oxygen atoms in total. The van der Waals surface area contributed by atoms with E-state index in [1.807, 2.05) is 12.1 Å². The van der Waals surface area contributed by atoms with E-state index in [1.54, 1.807) is 13.3 Å². The number of benzene rings is 1. The highest BCUT2D eigenvalue weighted by Gasteiger charge is 2.22. The molecular formula is C23H35N5O2. The van der Waals surface area contributed by atoms with Crippen molar-refractivity contribution >= 4 is 5.96 Å². The molecule has 1 aliphatic rings. The first-order chi connectivity index (χ1) is 14.5. The van der Waals surface area contributed by atoms with Crippen molar-refractivity contribution in [1.82, 2.24) is 20.5 Å². The van der Waals surface area contributed by atoms with Crippen LogP contribution in [0.5, 0.6) is 0 Å². The number of aliphatic imine (C=N–C) groups is 1. The van der Waals surface area contributed by atoms with Crippen LogP contribution in [0.15, 0.2) is 39.9 Å². The van der Waals surface area contributed by atoms with Gasteiger partial charge in [-0.1, -0.05) is 31.5 Å². The number of aryl methyl sites for hydroxylation is 1. The zero-order chi connectivity index (χ0) is 21.3. The molecular weight excluding hydrogens is 378 g/mol. The molecule has 0 amide bonds. The molecule has 3 rings (SSSR count). The maximum Gasteiger partial charge on any atom is 0.226 e. The maximum atomic E-state index is 5.65. The van der Waals surface area contributed by atoms with Gasteiger partial charge in [-0.25, -0.2) is 4.98 Å². The second-order valence-corrected chi connectivity index (χ2v) is 8.25. The summed E-state index contributed by atoms with van der Waals surface area (Å²) in [5, 5.41) is 6.83. The molecule has 30 heavy (non-hydrogen) atoms. The zero-order valence-corrected chi connectivity index (χ0v) is 18.6. The SMILES string of the molecule is CN=C(NCc1coc(-c2ccc(C)cc2)n1)NCC(CC(C)C)N1CCOCC1. The van der Waals surface area contributed by atoms with Gasteiger partial charge in [0.25, 0.3) is 0 Å². The smallest absolute Gasteiger partial charge is 0.226 e. The molecule has 0 saturated carbocycles. The molecule has 1 aromatic heterocycles. The van der Waals surface area contributed by atoms with Crippen LogP contribution in [0.25, 0.3) is 11.5 Å². The fourth-order valence-electron chi connectivity index (χ4n) is 3.67. The lowest BCUT2D eigenvalue weighted by molar-refractivity contribution is 0.0132. The number of ether oxygens (including phenoxy) is 1. The van der Waals surface area contributed by atoms with E-state index in [4.69, 9.17) is 9.15 Å². The van der Waals surface area contributed by atoms with Crippen LogP contribution in [0.1, 0.15) is 31.5 Å². The van der Waals surface area contributed by atoms with Crippen molar-refractivity contribution in [1.29, 1.82) is 0 Å². The molecule has 2 heterocycles. The molecule has 1 atom stereocenters. The Morgan fingerprint density at radius 3 is 2.57 bits per heavy atom. The van der Waals surface area contributed by atoms with E-state index in [0.717, 1.165) is 56.5 Å². The number of hydrogen-bond acceptors (Lipinski definition) is 5. The van der Waals surface area contributed by atoms with Crippen LogP contribution >= 0.6 is 0 Å². The van der Waals surface area contributed by atoms with Crippen LogP contribution in [0.3, 0.4) is 0 Å². The van der Waals surface area contributed by atoms with Crippen molar-refractivity contribution < 1.29 is 9.15 Å². The Hall–Kier alpha value is -2.38. The van der Waals surface area contributed by atoms with Crippen LogP contribution in [0.4, 0.5) is 0 Å². The van der Waals surface area contributed by atoms with Crippen LogP contribution in [-0.4, -0.2) is 61.8 Å². The van der Waals surface area contributed by atoms with Crippen LogP contribution in [0.2, 0.25) is 0 Å². The van der Waals surface area contributed by atoms with Crippen LogP contribution < -0.4 is 10.6 Å². The van der Waals surface area contributed by atoms with Gasteiger partial charge in [0.15, 0.2) is 5.96 Å². The Labute approximate surface area is 179 Å². The second-order valence-electron chi connectivity index (χ2n) is 8.25. The van der Waals surface area contributed by atoms with E-state index < -0.39 is 0 Å². The summed E-state index contributed by atoms with van der Waals surface area (Å²) in [5.74, 6) is 2.06. The molecule has 0 aliphatic carbocycles. The fraction of sp³-hybridized carbons (Fsp3) is 0.565. The van der Waals surface area contributed by atoms with Crippen molar-refractivity contribution in [3.05, 3.63) is 41.8 Å². The van der Waals surface area contributed by atoms with Crippen molar-refractivity contribution in [2.75, 3.05) is 39.9 Å². The summed E-state index contributed by atoms with van der Waals surface area (Å²) in [6.07, 6.45) is 2.85. The summed E-state index contributed by atoms with van der Waals surface area (Å²) < 4.78 is 11.2. The summed E-state index contributed by atoms with van der Waals surface area (Å²) in [6.45, 7) is 11.6. The van der Waals surface area contributed by atoms with Crippen molar-refractivity contribution in [2.24, 2.45) is 10.9 Å². The Morgan fingerprint density at radius 2 is 1.90 bits per heavy atom. The largest absolute Gasteiger partial charge is 0.444 e. The number of morpholine rings is 1. The molecule has 1 unspecified atom stereocenters. The van der Waals surface area contributed by atoms with Gasteiger partial charge in [0.05, 0.1) is 25.5 Å². The van der Waals surface area contributed by atoms with E-state index >= 15 is 0 Å². The normalized spacial score (nSPS) is 16.6. The zero-order valence-electron chi connectivity index (χ0n) is 18.6. The first-order valence-electron chi connectivity index (χ1n) is 10.8. The number of rotatable bonds is 8. The number of nitrogens with zero attached hydrogens (tertiary/aromatic N) is 3. The summed E-state index contributed by atoms with van der Waals surface area (Å²) in [7, 11) is 1.79. The highest BCUT2D eigenvalue weighted by atomic mass is 16.5. The molecule has 1 fully saturated rings. The van der Waals surface area contributed by atoms with Gasteiger partial charge in [-0.15, -0.1) is 0 Å². The van der Waals surface area contributed by atoms with E-state index in [0.29, 0.717) is 24.4 Å². The van der Waals surface area contributed by atoms with Gasteiger partial charge in [0, 0.05) is 38.3 Å². The molecule has 1 aliphatic heterocycles. The van der Waals surface area contributed by atoms with E-state index in [2.05, 4.69) is 58.4 Å². The van der Waals surface area contributed by atoms with Gasteiger partial charge in [-0.2, -0.15) is 0 Å². The van der Waals surface area contributed by atoms with Gasteiger partial charge < -0.3 is 19.8 Å². The molecule has 0 radical (unpaired) electrons. The predicted molar refractivity (Wildman–Crippen MR) is 121 cm³/mol. The third-order valence-corrected chi connectivity index (χ3v) is 5.32. The lowest BCUT2D eigenvalue weighted by atomic mass is 10.0. The Balaban J connectivity index is 1.52. The van der Waals surface area contributed by atoms with Gasteiger partial charge in [0.2, 0.25) is 5.89 Å². The van der Waals surface area contributed by atoms with Crippen molar-refractivity contribution in [3.8, 4) is 11.5 Å². The molecule has 0 spiro atoms. The average molecular weight is 414 g/mol. The van der Waals surface area contributed by atoms with E-state index in [-0.39, 0.29) is 0 Å². The third-order valence-electron chi connectivity index (χ3n) is 5.32. The van der Waals surface area contributed by atoms with Crippen LogP contribution in [-0.2, 0) is 11.3 Å². The molecule has 1 aromatic carbocycles. The summed E-state index contributed by atoms with van der Waals surface area (Å²) in [6, 6.07) is 8.64. The summed E-state index contributed by atoms with van der Waals surface area (Å²) in [4.78, 5) is 11.5. The van der Waals surface area contributed by atoms with E-state index in [1.165, 1.54) is 5.56 Å². The minimum Gasteiger partial charge on any atom is -0.444 e. The second kappa shape index (κ2) is 11.1. The van der Waals surface area contributed by atoms with Gasteiger partial charge in [-0.3, -0.25) is 9.89 Å². The first-order valence-corrected chi connectivity index (χ1v) is 10.8. The minimum atomic E-state index is 0.465. The molecule has 1 saturated heterocycles. The summed E-state index contributed by atoms with van der Waals surface area (Å²) >= 11 is 0. The highest BCUT2D eigenvalue weighted by Crippen LogP contribution is 2.19. The number of aromatic nitrogens is 1. The number of hydrogen-bond donors (Lipinski definition) is 2. The van der Waals surface area contributed by atoms with Gasteiger partial charge in [0.1, 0.15) is 6.26 Å². The molecule has 0 bridgehead atoms. The molecule has 2 N–H and O–H groups in total. The summed E-state index contributed by atoms with van der Waals surface area (Å²) in [5.41, 5.74) is 3.05. The average Bonchev–Trinajstić information content (AvgIpc) is 3.23. The first kappa shape index (κ1) is 22.3. The van der Waals surface area contributed by atoms with Crippen LogP contribution in [0, 0.1) is 12.8 Å². The standard InChI is InChI=1S/C23H35N5O2/c1-17(2)13-21(28-9-11-29-12-10-28)15-26-23(24-4)25-14-20-16-30-22(27-20)19-7-5-18(3)6-8-19/h5-8,16-17,21H,9-15H2,1-4H3,(H2,24,25,26).